The Morgan fingerprint density at radius 3 is 2.21 bits per heavy atom. The second kappa shape index (κ2) is 5.43. The summed E-state index contributed by atoms with van der Waals surface area (Å²) in [5.74, 6) is -1.25. The number of carbonyl (C=O) groups excluding carboxylic acids is 1. The molecule has 0 spiro atoms. The molecular formula is C15H21NO3. The van der Waals surface area contributed by atoms with Gasteiger partial charge in [0.15, 0.2) is 0 Å². The predicted octanol–water partition coefficient (Wildman–Crippen LogP) is 2.63. The van der Waals surface area contributed by atoms with Crippen LogP contribution in [0, 0.1) is 13.8 Å². The summed E-state index contributed by atoms with van der Waals surface area (Å²) in [6.07, 6.45) is 0. The maximum absolute atomic E-state index is 12.5. The van der Waals surface area contributed by atoms with E-state index in [0.29, 0.717) is 5.56 Å². The largest absolute Gasteiger partial charge is 0.480 e. The van der Waals surface area contributed by atoms with Crippen LogP contribution in [0.4, 0.5) is 0 Å². The molecule has 0 fully saturated rings. The molecule has 104 valence electrons. The minimum absolute atomic E-state index is 0.243. The van der Waals surface area contributed by atoms with E-state index in [1.807, 2.05) is 46.8 Å². The fraction of sp³-hybridized carbons (Fsp3) is 0.467. The molecule has 0 saturated heterocycles. The first-order chi connectivity index (χ1) is 8.62. The van der Waals surface area contributed by atoms with E-state index in [1.54, 1.807) is 6.07 Å². The standard InChI is InChI=1S/C15H21NO3/c1-10-6-7-12(11(2)8-10)14(19)16(9-13(17)18)15(3,4)5/h6-8H,9H2,1-5H3,(H,17,18). The Labute approximate surface area is 114 Å². The van der Waals surface area contributed by atoms with Gasteiger partial charge in [-0.3, -0.25) is 9.59 Å². The van der Waals surface area contributed by atoms with Crippen molar-refractivity contribution in [1.82, 2.24) is 4.90 Å². The molecule has 0 heterocycles. The van der Waals surface area contributed by atoms with E-state index in [-0.39, 0.29) is 12.5 Å². The number of carboxylic acid groups (broad SMARTS) is 1. The maximum Gasteiger partial charge on any atom is 0.323 e. The fourth-order valence-electron chi connectivity index (χ4n) is 1.95. The number of amides is 1. The molecule has 0 aliphatic rings. The number of hydrogen-bond acceptors (Lipinski definition) is 2. The smallest absolute Gasteiger partial charge is 0.323 e. The van der Waals surface area contributed by atoms with Crippen molar-refractivity contribution in [3.63, 3.8) is 0 Å². The molecule has 0 aliphatic carbocycles. The highest BCUT2D eigenvalue weighted by Crippen LogP contribution is 2.20. The number of rotatable bonds is 3. The van der Waals surface area contributed by atoms with Gasteiger partial charge in [0.2, 0.25) is 0 Å². The lowest BCUT2D eigenvalue weighted by Gasteiger charge is -2.34. The van der Waals surface area contributed by atoms with Crippen molar-refractivity contribution >= 4 is 11.9 Å². The number of aryl methyl sites for hydroxylation is 2. The van der Waals surface area contributed by atoms with E-state index in [2.05, 4.69) is 0 Å². The van der Waals surface area contributed by atoms with Gasteiger partial charge in [-0.15, -0.1) is 0 Å². The topological polar surface area (TPSA) is 57.6 Å². The summed E-state index contributed by atoms with van der Waals surface area (Å²) < 4.78 is 0. The Morgan fingerprint density at radius 2 is 1.79 bits per heavy atom. The van der Waals surface area contributed by atoms with Gasteiger partial charge in [0.1, 0.15) is 6.54 Å². The SMILES string of the molecule is Cc1ccc(C(=O)N(CC(=O)O)C(C)(C)C)c(C)c1. The van der Waals surface area contributed by atoms with Crippen LogP contribution in [-0.4, -0.2) is 34.0 Å². The van der Waals surface area contributed by atoms with Gasteiger partial charge in [-0.2, -0.15) is 0 Å². The molecule has 19 heavy (non-hydrogen) atoms. The molecule has 0 unspecified atom stereocenters. The van der Waals surface area contributed by atoms with Gasteiger partial charge < -0.3 is 10.0 Å². The Hall–Kier alpha value is -1.84. The number of nitrogens with zero attached hydrogens (tertiary/aromatic N) is 1. The van der Waals surface area contributed by atoms with E-state index in [0.717, 1.165) is 11.1 Å². The third-order valence-corrected chi connectivity index (χ3v) is 2.96. The maximum atomic E-state index is 12.5. The summed E-state index contributed by atoms with van der Waals surface area (Å²) in [5.41, 5.74) is 1.97. The summed E-state index contributed by atoms with van der Waals surface area (Å²) in [5, 5.41) is 8.96. The first kappa shape index (κ1) is 15.2. The summed E-state index contributed by atoms with van der Waals surface area (Å²) in [7, 11) is 0. The van der Waals surface area contributed by atoms with Crippen molar-refractivity contribution in [2.75, 3.05) is 6.54 Å². The van der Waals surface area contributed by atoms with E-state index in [9.17, 15) is 9.59 Å². The Morgan fingerprint density at radius 1 is 1.21 bits per heavy atom. The van der Waals surface area contributed by atoms with Crippen LogP contribution < -0.4 is 0 Å². The predicted molar refractivity (Wildman–Crippen MR) is 74.3 cm³/mol. The third-order valence-electron chi connectivity index (χ3n) is 2.96. The van der Waals surface area contributed by atoms with E-state index < -0.39 is 11.5 Å². The van der Waals surface area contributed by atoms with Crippen molar-refractivity contribution in [2.24, 2.45) is 0 Å². The molecule has 0 aromatic heterocycles. The highest BCUT2D eigenvalue weighted by atomic mass is 16.4. The van der Waals surface area contributed by atoms with Crippen LogP contribution in [0.2, 0.25) is 0 Å². The minimum Gasteiger partial charge on any atom is -0.480 e. The lowest BCUT2D eigenvalue weighted by Crippen LogP contribution is -2.48. The van der Waals surface area contributed by atoms with Gasteiger partial charge in [0.25, 0.3) is 5.91 Å². The first-order valence-corrected chi connectivity index (χ1v) is 6.24. The van der Waals surface area contributed by atoms with Gasteiger partial charge in [-0.05, 0) is 46.2 Å². The zero-order chi connectivity index (χ0) is 14.8. The minimum atomic E-state index is -1.01. The van der Waals surface area contributed by atoms with Crippen molar-refractivity contribution < 1.29 is 14.7 Å². The number of benzene rings is 1. The van der Waals surface area contributed by atoms with Crippen LogP contribution in [-0.2, 0) is 4.79 Å². The van der Waals surface area contributed by atoms with Crippen molar-refractivity contribution in [3.05, 3.63) is 34.9 Å². The lowest BCUT2D eigenvalue weighted by atomic mass is 10.0. The average molecular weight is 263 g/mol. The number of hydrogen-bond donors (Lipinski definition) is 1. The van der Waals surface area contributed by atoms with Crippen LogP contribution in [0.3, 0.4) is 0 Å². The Balaban J connectivity index is 3.16. The van der Waals surface area contributed by atoms with E-state index in [4.69, 9.17) is 5.11 Å². The van der Waals surface area contributed by atoms with Crippen LogP contribution in [0.25, 0.3) is 0 Å². The summed E-state index contributed by atoms with van der Waals surface area (Å²) in [4.78, 5) is 24.8. The molecule has 4 nitrogen and oxygen atoms in total. The Kier molecular flexibility index (Phi) is 4.35. The monoisotopic (exact) mass is 263 g/mol. The van der Waals surface area contributed by atoms with Crippen molar-refractivity contribution in [2.45, 2.75) is 40.2 Å². The van der Waals surface area contributed by atoms with E-state index >= 15 is 0 Å². The summed E-state index contributed by atoms with van der Waals surface area (Å²) in [6, 6.07) is 5.55. The van der Waals surface area contributed by atoms with Gasteiger partial charge in [-0.25, -0.2) is 0 Å². The zero-order valence-corrected chi connectivity index (χ0v) is 12.2. The quantitative estimate of drug-likeness (QED) is 0.912. The molecule has 1 aromatic carbocycles. The molecule has 4 heteroatoms. The highest BCUT2D eigenvalue weighted by Gasteiger charge is 2.29. The second-order valence-corrected chi connectivity index (χ2v) is 5.77. The molecule has 0 aliphatic heterocycles. The molecule has 1 aromatic rings. The molecule has 1 amide bonds. The normalized spacial score (nSPS) is 11.2. The fourth-order valence-corrected chi connectivity index (χ4v) is 1.95. The van der Waals surface area contributed by atoms with Gasteiger partial charge in [0.05, 0.1) is 0 Å². The highest BCUT2D eigenvalue weighted by molar-refractivity contribution is 5.97. The van der Waals surface area contributed by atoms with Gasteiger partial charge in [-0.1, -0.05) is 17.7 Å². The second-order valence-electron chi connectivity index (χ2n) is 5.77. The molecule has 1 N–H and O–H groups in total. The van der Waals surface area contributed by atoms with Gasteiger partial charge in [0, 0.05) is 11.1 Å². The van der Waals surface area contributed by atoms with E-state index in [1.165, 1.54) is 4.90 Å². The molecular weight excluding hydrogens is 242 g/mol. The average Bonchev–Trinajstić information content (AvgIpc) is 2.23. The molecule has 0 bridgehead atoms. The number of carboxylic acids is 1. The van der Waals surface area contributed by atoms with Crippen LogP contribution >= 0.6 is 0 Å². The number of carbonyl (C=O) groups is 2. The van der Waals surface area contributed by atoms with Gasteiger partial charge >= 0.3 is 5.97 Å². The van der Waals surface area contributed by atoms with Crippen LogP contribution in [0.15, 0.2) is 18.2 Å². The van der Waals surface area contributed by atoms with Crippen LogP contribution in [0.1, 0.15) is 42.3 Å². The lowest BCUT2D eigenvalue weighted by molar-refractivity contribution is -0.138. The third kappa shape index (κ3) is 3.81. The first-order valence-electron chi connectivity index (χ1n) is 6.24. The molecule has 0 radical (unpaired) electrons. The van der Waals surface area contributed by atoms with Crippen molar-refractivity contribution in [1.29, 1.82) is 0 Å². The summed E-state index contributed by atoms with van der Waals surface area (Å²) >= 11 is 0. The van der Waals surface area contributed by atoms with Crippen LogP contribution in [0.5, 0.6) is 0 Å². The van der Waals surface area contributed by atoms with Crippen molar-refractivity contribution in [3.8, 4) is 0 Å². The summed E-state index contributed by atoms with van der Waals surface area (Å²) in [6.45, 7) is 9.02. The molecule has 0 saturated carbocycles. The molecule has 1 rings (SSSR count). The Bertz CT molecular complexity index is 501. The zero-order valence-electron chi connectivity index (χ0n) is 12.2. The molecule has 0 atom stereocenters. The number of aliphatic carboxylic acids is 1.